The smallest absolute Gasteiger partial charge is 0.305 e. The molecule has 1 aliphatic carbocycles. The van der Waals surface area contributed by atoms with E-state index in [0.29, 0.717) is 28.9 Å². The molecule has 28 heavy (non-hydrogen) atoms. The number of thiazole rings is 1. The summed E-state index contributed by atoms with van der Waals surface area (Å²) in [5, 5.41) is 24.0. The van der Waals surface area contributed by atoms with Crippen molar-refractivity contribution in [3.8, 4) is 5.75 Å². The van der Waals surface area contributed by atoms with Gasteiger partial charge in [0.05, 0.1) is 29.0 Å². The van der Waals surface area contributed by atoms with Gasteiger partial charge in [0.2, 0.25) is 0 Å². The summed E-state index contributed by atoms with van der Waals surface area (Å²) in [6.07, 6.45) is 2.37. The summed E-state index contributed by atoms with van der Waals surface area (Å²) in [7, 11) is 0. The number of aliphatic hydroxyl groups is 1. The lowest BCUT2D eigenvalue weighted by Gasteiger charge is -2.23. The van der Waals surface area contributed by atoms with Crippen LogP contribution in [0.1, 0.15) is 36.5 Å². The first-order valence-electron chi connectivity index (χ1n) is 9.53. The Balaban J connectivity index is 1.39. The van der Waals surface area contributed by atoms with Crippen molar-refractivity contribution in [3.63, 3.8) is 0 Å². The van der Waals surface area contributed by atoms with Crippen molar-refractivity contribution >= 4 is 21.6 Å². The van der Waals surface area contributed by atoms with Crippen LogP contribution in [-0.2, 0) is 11.3 Å². The number of hydrogen-bond donors (Lipinski definition) is 4. The van der Waals surface area contributed by atoms with E-state index in [4.69, 9.17) is 4.74 Å². The number of aliphatic hydroxyl groups excluding tert-OH is 1. The van der Waals surface area contributed by atoms with Gasteiger partial charge in [-0.15, -0.1) is 0 Å². The van der Waals surface area contributed by atoms with Gasteiger partial charge in [-0.3, -0.25) is 4.79 Å². The standard InChI is InChI=1S/C21H24N2O4S/c24-14-9-15(20-17(10-14)23-21(26)28-20)18(25)11-22-16-7-4-8-19(16)27-12-13-5-2-1-3-6-13/h1-3,5-6,9-10,16,18-19,22,24-25H,4,7-8,11-12H2,(H,23,26)/t16-,18?,19-/m1/s1. The monoisotopic (exact) mass is 400 g/mol. The highest BCUT2D eigenvalue weighted by atomic mass is 32.1. The Labute approximate surface area is 166 Å². The van der Waals surface area contributed by atoms with Crippen LogP contribution in [-0.4, -0.2) is 33.9 Å². The predicted octanol–water partition coefficient (Wildman–Crippen LogP) is 3.06. The molecule has 148 valence electrons. The summed E-state index contributed by atoms with van der Waals surface area (Å²) in [5.74, 6) is 0.0283. The van der Waals surface area contributed by atoms with Crippen molar-refractivity contribution in [1.29, 1.82) is 0 Å². The molecule has 3 atom stereocenters. The summed E-state index contributed by atoms with van der Waals surface area (Å²) in [4.78, 5) is 14.1. The van der Waals surface area contributed by atoms with Crippen LogP contribution in [0.25, 0.3) is 10.2 Å². The Morgan fingerprint density at radius 2 is 2.07 bits per heavy atom. The summed E-state index contributed by atoms with van der Waals surface area (Å²) in [5.41, 5.74) is 2.26. The average Bonchev–Trinajstić information content (AvgIpc) is 3.29. The maximum absolute atomic E-state index is 11.6. The van der Waals surface area contributed by atoms with Crippen molar-refractivity contribution in [1.82, 2.24) is 10.3 Å². The van der Waals surface area contributed by atoms with Crippen molar-refractivity contribution in [3.05, 3.63) is 63.3 Å². The lowest BCUT2D eigenvalue weighted by atomic mass is 10.1. The van der Waals surface area contributed by atoms with Gasteiger partial charge < -0.3 is 25.3 Å². The Hall–Kier alpha value is -2.19. The molecule has 0 amide bonds. The highest BCUT2D eigenvalue weighted by molar-refractivity contribution is 7.16. The largest absolute Gasteiger partial charge is 0.508 e. The van der Waals surface area contributed by atoms with Crippen molar-refractivity contribution in [2.24, 2.45) is 0 Å². The van der Waals surface area contributed by atoms with Gasteiger partial charge in [-0.25, -0.2) is 0 Å². The quantitative estimate of drug-likeness (QED) is 0.489. The second-order valence-corrected chi connectivity index (χ2v) is 8.21. The topological polar surface area (TPSA) is 94.6 Å². The van der Waals surface area contributed by atoms with Gasteiger partial charge in [0.25, 0.3) is 0 Å². The van der Waals surface area contributed by atoms with E-state index < -0.39 is 6.10 Å². The number of benzene rings is 2. The van der Waals surface area contributed by atoms with E-state index >= 15 is 0 Å². The summed E-state index contributed by atoms with van der Waals surface area (Å²) in [6.45, 7) is 0.914. The van der Waals surface area contributed by atoms with E-state index in [2.05, 4.69) is 22.4 Å². The van der Waals surface area contributed by atoms with E-state index in [1.165, 1.54) is 12.1 Å². The van der Waals surface area contributed by atoms with Gasteiger partial charge in [-0.1, -0.05) is 41.7 Å². The minimum Gasteiger partial charge on any atom is -0.508 e. The molecule has 1 aromatic heterocycles. The molecule has 0 bridgehead atoms. The zero-order chi connectivity index (χ0) is 19.5. The lowest BCUT2D eigenvalue weighted by Crippen LogP contribution is -2.39. The molecular weight excluding hydrogens is 376 g/mol. The third kappa shape index (κ3) is 4.28. The van der Waals surface area contributed by atoms with Crippen LogP contribution in [0.4, 0.5) is 0 Å². The molecule has 1 unspecified atom stereocenters. The number of aromatic nitrogens is 1. The Bertz CT molecular complexity index is 985. The van der Waals surface area contributed by atoms with E-state index in [-0.39, 0.29) is 22.8 Å². The number of hydrogen-bond acceptors (Lipinski definition) is 6. The maximum Gasteiger partial charge on any atom is 0.305 e. The van der Waals surface area contributed by atoms with Gasteiger partial charge in [0, 0.05) is 24.2 Å². The summed E-state index contributed by atoms with van der Waals surface area (Å²) < 4.78 is 6.78. The molecule has 1 saturated carbocycles. The molecule has 4 rings (SSSR count). The first-order chi connectivity index (χ1) is 13.6. The second-order valence-electron chi connectivity index (χ2n) is 7.22. The fourth-order valence-corrected chi connectivity index (χ4v) is 4.71. The fraction of sp³-hybridized carbons (Fsp3) is 0.381. The first-order valence-corrected chi connectivity index (χ1v) is 10.3. The SMILES string of the molecule is O=c1[nH]c2cc(O)cc(C(O)CN[C@@H]3CCC[C@H]3OCc3ccccc3)c2s1. The molecule has 0 spiro atoms. The first kappa shape index (κ1) is 19.1. The molecule has 1 aliphatic rings. The maximum atomic E-state index is 11.6. The number of phenols is 1. The Morgan fingerprint density at radius 3 is 2.89 bits per heavy atom. The molecule has 7 heteroatoms. The fourth-order valence-electron chi connectivity index (χ4n) is 3.83. The third-order valence-corrected chi connectivity index (χ3v) is 6.17. The molecule has 4 N–H and O–H groups in total. The molecule has 1 heterocycles. The summed E-state index contributed by atoms with van der Waals surface area (Å²) >= 11 is 1.05. The minimum absolute atomic E-state index is 0.0283. The molecule has 6 nitrogen and oxygen atoms in total. The van der Waals surface area contributed by atoms with Crippen molar-refractivity contribution in [2.45, 2.75) is 44.1 Å². The number of aromatic hydroxyl groups is 1. The zero-order valence-corrected chi connectivity index (χ0v) is 16.2. The molecule has 0 aliphatic heterocycles. The molecule has 2 aromatic carbocycles. The van der Waals surface area contributed by atoms with Gasteiger partial charge >= 0.3 is 4.87 Å². The van der Waals surface area contributed by atoms with E-state index in [0.717, 1.165) is 36.2 Å². The van der Waals surface area contributed by atoms with Crippen LogP contribution in [0.2, 0.25) is 0 Å². The highest BCUT2D eigenvalue weighted by Gasteiger charge is 2.28. The van der Waals surface area contributed by atoms with E-state index in [1.54, 1.807) is 0 Å². The van der Waals surface area contributed by atoms with Crippen LogP contribution in [0, 0.1) is 0 Å². The van der Waals surface area contributed by atoms with Crippen LogP contribution in [0.5, 0.6) is 5.75 Å². The number of fused-ring (bicyclic) bond motifs is 1. The van der Waals surface area contributed by atoms with Crippen LogP contribution < -0.4 is 10.2 Å². The molecule has 0 radical (unpaired) electrons. The number of aromatic amines is 1. The summed E-state index contributed by atoms with van der Waals surface area (Å²) in [6, 6.07) is 13.3. The van der Waals surface area contributed by atoms with Gasteiger partial charge in [0.15, 0.2) is 0 Å². The van der Waals surface area contributed by atoms with Crippen molar-refractivity contribution in [2.75, 3.05) is 6.54 Å². The van der Waals surface area contributed by atoms with Crippen LogP contribution in [0.15, 0.2) is 47.3 Å². The number of nitrogens with one attached hydrogen (secondary N) is 2. The number of phenolic OH excluding ortho intramolecular Hbond substituents is 1. The second kappa shape index (κ2) is 8.45. The van der Waals surface area contributed by atoms with Crippen LogP contribution >= 0.6 is 11.3 Å². The van der Waals surface area contributed by atoms with Gasteiger partial charge in [-0.05, 0) is 30.9 Å². The Morgan fingerprint density at radius 1 is 1.25 bits per heavy atom. The van der Waals surface area contributed by atoms with Gasteiger partial charge in [-0.2, -0.15) is 0 Å². The Kier molecular flexibility index (Phi) is 5.77. The molecule has 1 fully saturated rings. The number of rotatable bonds is 7. The molecule has 3 aromatic rings. The lowest BCUT2D eigenvalue weighted by molar-refractivity contribution is 0.0249. The highest BCUT2D eigenvalue weighted by Crippen LogP contribution is 2.30. The van der Waals surface area contributed by atoms with E-state index in [1.807, 2.05) is 18.2 Å². The predicted molar refractivity (Wildman–Crippen MR) is 110 cm³/mol. The van der Waals surface area contributed by atoms with Gasteiger partial charge in [0.1, 0.15) is 5.75 Å². The average molecular weight is 401 g/mol. The van der Waals surface area contributed by atoms with E-state index in [9.17, 15) is 15.0 Å². The normalized spacial score (nSPS) is 20.6. The zero-order valence-electron chi connectivity index (χ0n) is 15.4. The number of ether oxygens (including phenoxy) is 1. The molecule has 0 saturated heterocycles. The van der Waals surface area contributed by atoms with Crippen molar-refractivity contribution < 1.29 is 14.9 Å². The number of H-pyrrole nitrogens is 1. The third-order valence-electron chi connectivity index (χ3n) is 5.23. The minimum atomic E-state index is -0.823. The molecular formula is C21H24N2O4S. The van der Waals surface area contributed by atoms with Crippen LogP contribution in [0.3, 0.4) is 0 Å².